The number of hydrogen-bond acceptors (Lipinski definition) is 2. The average Bonchev–Trinajstić information content (AvgIpc) is 3.18. The minimum absolute atomic E-state index is 0.310. The number of benzene rings is 1. The maximum absolute atomic E-state index is 11.3. The summed E-state index contributed by atoms with van der Waals surface area (Å²) in [6.07, 6.45) is 5.79. The lowest BCUT2D eigenvalue weighted by Gasteiger charge is -2.08. The quantitative estimate of drug-likeness (QED) is 0.875. The zero-order chi connectivity index (χ0) is 14.1. The van der Waals surface area contributed by atoms with Crippen LogP contribution >= 0.6 is 0 Å². The second kappa shape index (κ2) is 5.27. The van der Waals surface area contributed by atoms with E-state index in [0.717, 1.165) is 36.6 Å². The van der Waals surface area contributed by atoms with Crippen LogP contribution in [-0.4, -0.2) is 20.6 Å². The molecule has 0 aliphatic heterocycles. The van der Waals surface area contributed by atoms with Crippen molar-refractivity contribution in [3.63, 3.8) is 0 Å². The number of fused-ring (bicyclic) bond motifs is 1. The topological polar surface area (TPSA) is 55.1 Å². The van der Waals surface area contributed by atoms with Crippen molar-refractivity contribution in [1.29, 1.82) is 0 Å². The Kier molecular flexibility index (Phi) is 3.47. The molecule has 3 rings (SSSR count). The predicted octanol–water partition coefficient (Wildman–Crippen LogP) is 3.49. The van der Waals surface area contributed by atoms with Gasteiger partial charge in [0.25, 0.3) is 0 Å². The van der Waals surface area contributed by atoms with E-state index in [1.165, 1.54) is 19.3 Å². The first kappa shape index (κ1) is 13.2. The summed E-state index contributed by atoms with van der Waals surface area (Å²) in [5.41, 5.74) is 1.92. The molecule has 0 bridgehead atoms. The van der Waals surface area contributed by atoms with Crippen LogP contribution in [-0.2, 0) is 13.0 Å². The van der Waals surface area contributed by atoms with E-state index >= 15 is 0 Å². The van der Waals surface area contributed by atoms with Gasteiger partial charge < -0.3 is 9.67 Å². The van der Waals surface area contributed by atoms with Gasteiger partial charge in [-0.3, -0.25) is 0 Å². The molecule has 0 radical (unpaired) electrons. The van der Waals surface area contributed by atoms with Crippen LogP contribution in [0.15, 0.2) is 18.2 Å². The van der Waals surface area contributed by atoms with Crippen LogP contribution in [0, 0.1) is 5.92 Å². The van der Waals surface area contributed by atoms with Crippen molar-refractivity contribution in [1.82, 2.24) is 9.55 Å². The van der Waals surface area contributed by atoms with Gasteiger partial charge in [-0.05, 0) is 30.9 Å². The van der Waals surface area contributed by atoms with E-state index < -0.39 is 5.97 Å². The molecule has 0 unspecified atom stereocenters. The second-order valence-electron chi connectivity index (χ2n) is 5.64. The van der Waals surface area contributed by atoms with Gasteiger partial charge in [0.15, 0.2) is 0 Å². The molecule has 106 valence electrons. The van der Waals surface area contributed by atoms with Crippen molar-refractivity contribution in [3.05, 3.63) is 29.6 Å². The molecule has 4 nitrogen and oxygen atoms in total. The number of imidazole rings is 1. The predicted molar refractivity (Wildman–Crippen MR) is 78.0 cm³/mol. The lowest BCUT2D eigenvalue weighted by Crippen LogP contribution is -2.04. The highest BCUT2D eigenvalue weighted by Crippen LogP contribution is 2.33. The summed E-state index contributed by atoms with van der Waals surface area (Å²) >= 11 is 0. The monoisotopic (exact) mass is 272 g/mol. The summed E-state index contributed by atoms with van der Waals surface area (Å²) in [7, 11) is 0. The van der Waals surface area contributed by atoms with Crippen LogP contribution in [0.3, 0.4) is 0 Å². The molecule has 2 aromatic rings. The van der Waals surface area contributed by atoms with Crippen molar-refractivity contribution < 1.29 is 9.90 Å². The Morgan fingerprint density at radius 2 is 2.25 bits per heavy atom. The first-order valence-corrected chi connectivity index (χ1v) is 7.42. The van der Waals surface area contributed by atoms with E-state index in [-0.39, 0.29) is 0 Å². The Balaban J connectivity index is 2.05. The standard InChI is InChI=1S/C16H20N2O2/c1-2-4-14-17-15-12(16(19)20)5-3-6-13(15)18(14)10-9-11-7-8-11/h3,5-6,11H,2,4,7-10H2,1H3,(H,19,20). The molecule has 0 atom stereocenters. The molecule has 1 aromatic heterocycles. The largest absolute Gasteiger partial charge is 0.478 e. The van der Waals surface area contributed by atoms with Gasteiger partial charge in [0.1, 0.15) is 11.3 Å². The molecular weight excluding hydrogens is 252 g/mol. The number of aryl methyl sites for hydroxylation is 2. The van der Waals surface area contributed by atoms with E-state index in [0.29, 0.717) is 11.1 Å². The van der Waals surface area contributed by atoms with Crippen molar-refractivity contribution in [2.75, 3.05) is 0 Å². The molecule has 1 N–H and O–H groups in total. The third-order valence-electron chi connectivity index (χ3n) is 4.02. The number of hydrogen-bond donors (Lipinski definition) is 1. The van der Waals surface area contributed by atoms with Gasteiger partial charge in [0.2, 0.25) is 0 Å². The SMILES string of the molecule is CCCc1nc2c(C(=O)O)cccc2n1CCC1CC1. The van der Waals surface area contributed by atoms with E-state index in [1.54, 1.807) is 6.07 Å². The highest BCUT2D eigenvalue weighted by molar-refractivity contribution is 6.01. The fourth-order valence-corrected chi connectivity index (χ4v) is 2.75. The molecular formula is C16H20N2O2. The van der Waals surface area contributed by atoms with Crippen molar-refractivity contribution in [3.8, 4) is 0 Å². The molecule has 1 aliphatic rings. The second-order valence-corrected chi connectivity index (χ2v) is 5.64. The van der Waals surface area contributed by atoms with Crippen LogP contribution in [0.4, 0.5) is 0 Å². The number of carboxylic acids is 1. The van der Waals surface area contributed by atoms with E-state index in [4.69, 9.17) is 0 Å². The van der Waals surface area contributed by atoms with Gasteiger partial charge in [-0.15, -0.1) is 0 Å². The third-order valence-corrected chi connectivity index (χ3v) is 4.02. The van der Waals surface area contributed by atoms with E-state index in [2.05, 4.69) is 16.5 Å². The highest BCUT2D eigenvalue weighted by atomic mass is 16.4. The van der Waals surface area contributed by atoms with Crippen LogP contribution in [0.25, 0.3) is 11.0 Å². The summed E-state index contributed by atoms with van der Waals surface area (Å²) in [5.74, 6) is 0.993. The number of aromatic nitrogens is 2. The van der Waals surface area contributed by atoms with Crippen LogP contribution in [0.1, 0.15) is 48.8 Å². The summed E-state index contributed by atoms with van der Waals surface area (Å²) in [6, 6.07) is 5.44. The Morgan fingerprint density at radius 1 is 1.45 bits per heavy atom. The van der Waals surface area contributed by atoms with Gasteiger partial charge in [-0.25, -0.2) is 9.78 Å². The number of aromatic carboxylic acids is 1. The number of carboxylic acid groups (broad SMARTS) is 1. The lowest BCUT2D eigenvalue weighted by atomic mass is 10.2. The molecule has 4 heteroatoms. The lowest BCUT2D eigenvalue weighted by molar-refractivity contribution is 0.0699. The van der Waals surface area contributed by atoms with Gasteiger partial charge in [-0.1, -0.05) is 25.8 Å². The van der Waals surface area contributed by atoms with E-state index in [1.807, 2.05) is 12.1 Å². The maximum atomic E-state index is 11.3. The van der Waals surface area contributed by atoms with Crippen molar-refractivity contribution in [2.45, 2.75) is 45.6 Å². The summed E-state index contributed by atoms with van der Waals surface area (Å²) in [6.45, 7) is 3.09. The first-order valence-electron chi connectivity index (χ1n) is 7.42. The van der Waals surface area contributed by atoms with E-state index in [9.17, 15) is 9.90 Å². The molecule has 0 spiro atoms. The van der Waals surface area contributed by atoms with Crippen LogP contribution < -0.4 is 0 Å². The van der Waals surface area contributed by atoms with Gasteiger partial charge >= 0.3 is 5.97 Å². The van der Waals surface area contributed by atoms with Crippen LogP contribution in [0.2, 0.25) is 0 Å². The molecule has 1 fully saturated rings. The number of nitrogens with zero attached hydrogens (tertiary/aromatic N) is 2. The Hall–Kier alpha value is -1.84. The minimum atomic E-state index is -0.898. The zero-order valence-electron chi connectivity index (χ0n) is 11.8. The molecule has 1 aromatic carbocycles. The third kappa shape index (κ3) is 2.42. The molecule has 0 saturated heterocycles. The molecule has 1 aliphatic carbocycles. The number of carbonyl (C=O) groups is 1. The minimum Gasteiger partial charge on any atom is -0.478 e. The van der Waals surface area contributed by atoms with Crippen LogP contribution in [0.5, 0.6) is 0 Å². The Bertz CT molecular complexity index is 641. The molecule has 1 heterocycles. The molecule has 0 amide bonds. The Morgan fingerprint density at radius 3 is 2.90 bits per heavy atom. The summed E-state index contributed by atoms with van der Waals surface area (Å²) in [5, 5.41) is 9.29. The first-order chi connectivity index (χ1) is 9.70. The maximum Gasteiger partial charge on any atom is 0.337 e. The fraction of sp³-hybridized carbons (Fsp3) is 0.500. The number of para-hydroxylation sites is 1. The Labute approximate surface area is 118 Å². The smallest absolute Gasteiger partial charge is 0.337 e. The van der Waals surface area contributed by atoms with Crippen molar-refractivity contribution in [2.24, 2.45) is 5.92 Å². The molecule has 1 saturated carbocycles. The van der Waals surface area contributed by atoms with Gasteiger partial charge in [-0.2, -0.15) is 0 Å². The van der Waals surface area contributed by atoms with Gasteiger partial charge in [0, 0.05) is 13.0 Å². The summed E-state index contributed by atoms with van der Waals surface area (Å²) in [4.78, 5) is 15.9. The normalized spacial score (nSPS) is 14.8. The van der Waals surface area contributed by atoms with Crippen molar-refractivity contribution >= 4 is 17.0 Å². The van der Waals surface area contributed by atoms with Gasteiger partial charge in [0.05, 0.1) is 11.1 Å². The zero-order valence-corrected chi connectivity index (χ0v) is 11.8. The summed E-state index contributed by atoms with van der Waals surface area (Å²) < 4.78 is 2.23. The fourth-order valence-electron chi connectivity index (χ4n) is 2.75. The number of rotatable bonds is 6. The molecule has 20 heavy (non-hydrogen) atoms. The highest BCUT2D eigenvalue weighted by Gasteiger charge is 2.22. The average molecular weight is 272 g/mol.